The fourth-order valence-corrected chi connectivity index (χ4v) is 2.28. The molecule has 1 atom stereocenters. The van der Waals surface area contributed by atoms with Gasteiger partial charge in [0.05, 0.1) is 13.2 Å². The molecule has 0 aliphatic carbocycles. The van der Waals surface area contributed by atoms with Crippen molar-refractivity contribution in [3.63, 3.8) is 0 Å². The average Bonchev–Trinajstić information content (AvgIpc) is 2.54. The summed E-state index contributed by atoms with van der Waals surface area (Å²) >= 11 is 0. The third-order valence-electron chi connectivity index (χ3n) is 3.80. The average molecular weight is 297 g/mol. The lowest BCUT2D eigenvalue weighted by molar-refractivity contribution is 0.0940. The fourth-order valence-electron chi connectivity index (χ4n) is 2.28. The lowest BCUT2D eigenvalue weighted by atomic mass is 10.0. The molecule has 3 heteroatoms. The molecule has 0 aliphatic rings. The predicted molar refractivity (Wildman–Crippen MR) is 89.4 cm³/mol. The minimum atomic E-state index is -0.0568. The Bertz CT molecular complexity index is 615. The first-order valence-corrected chi connectivity index (χ1v) is 7.56. The number of benzene rings is 2. The van der Waals surface area contributed by atoms with Crippen molar-refractivity contribution in [3.05, 3.63) is 65.2 Å². The van der Waals surface area contributed by atoms with Crippen LogP contribution in [0.25, 0.3) is 0 Å². The van der Waals surface area contributed by atoms with Crippen molar-refractivity contribution in [2.45, 2.75) is 32.7 Å². The molecule has 0 aromatic heterocycles. The smallest absolute Gasteiger partial charge is 0.251 e. The van der Waals surface area contributed by atoms with Crippen LogP contribution in [0, 0.1) is 0 Å². The van der Waals surface area contributed by atoms with Crippen LogP contribution in [0.1, 0.15) is 54.2 Å². The van der Waals surface area contributed by atoms with E-state index in [0.29, 0.717) is 11.5 Å². The minimum absolute atomic E-state index is 0.0526. The highest BCUT2D eigenvalue weighted by Crippen LogP contribution is 2.18. The van der Waals surface area contributed by atoms with Crippen molar-refractivity contribution in [3.8, 4) is 5.75 Å². The van der Waals surface area contributed by atoms with Crippen molar-refractivity contribution in [1.82, 2.24) is 5.32 Å². The summed E-state index contributed by atoms with van der Waals surface area (Å²) in [5.41, 5.74) is 2.97. The van der Waals surface area contributed by atoms with Gasteiger partial charge in [-0.15, -0.1) is 0 Å². The van der Waals surface area contributed by atoms with Gasteiger partial charge in [-0.1, -0.05) is 38.1 Å². The largest absolute Gasteiger partial charge is 0.497 e. The van der Waals surface area contributed by atoms with Gasteiger partial charge in [-0.05, 0) is 48.2 Å². The highest BCUT2D eigenvalue weighted by Gasteiger charge is 2.12. The fraction of sp³-hybridized carbons (Fsp3) is 0.316. The molecule has 0 radical (unpaired) electrons. The standard InChI is InChI=1S/C19H23NO2/c1-13(2)15-5-7-17(8-6-15)19(21)20-14(3)16-9-11-18(22-4)12-10-16/h5-14H,1-4H3,(H,20,21). The van der Waals surface area contributed by atoms with E-state index in [2.05, 4.69) is 19.2 Å². The molecule has 0 heterocycles. The first-order valence-electron chi connectivity index (χ1n) is 7.56. The molecule has 0 saturated carbocycles. The van der Waals surface area contributed by atoms with Gasteiger partial charge in [-0.3, -0.25) is 4.79 Å². The van der Waals surface area contributed by atoms with Gasteiger partial charge in [0.2, 0.25) is 0 Å². The monoisotopic (exact) mass is 297 g/mol. The molecule has 1 amide bonds. The molecular weight excluding hydrogens is 274 g/mol. The first kappa shape index (κ1) is 16.1. The zero-order valence-electron chi connectivity index (χ0n) is 13.6. The van der Waals surface area contributed by atoms with E-state index in [1.54, 1.807) is 7.11 Å². The zero-order chi connectivity index (χ0) is 16.1. The minimum Gasteiger partial charge on any atom is -0.497 e. The maximum absolute atomic E-state index is 12.3. The zero-order valence-corrected chi connectivity index (χ0v) is 13.6. The van der Waals surface area contributed by atoms with E-state index in [0.717, 1.165) is 11.3 Å². The second-order valence-corrected chi connectivity index (χ2v) is 5.75. The molecule has 0 aliphatic heterocycles. The number of carbonyl (C=O) groups is 1. The quantitative estimate of drug-likeness (QED) is 0.893. The van der Waals surface area contributed by atoms with Gasteiger partial charge in [-0.2, -0.15) is 0 Å². The highest BCUT2D eigenvalue weighted by molar-refractivity contribution is 5.94. The van der Waals surface area contributed by atoms with Gasteiger partial charge in [-0.25, -0.2) is 0 Å². The Morgan fingerprint density at radius 2 is 1.45 bits per heavy atom. The molecule has 22 heavy (non-hydrogen) atoms. The van der Waals surface area contributed by atoms with Gasteiger partial charge in [0.1, 0.15) is 5.75 Å². The van der Waals surface area contributed by atoms with Crippen molar-refractivity contribution in [2.24, 2.45) is 0 Å². The van der Waals surface area contributed by atoms with E-state index in [-0.39, 0.29) is 11.9 Å². The highest BCUT2D eigenvalue weighted by atomic mass is 16.5. The molecule has 0 fully saturated rings. The van der Waals surface area contributed by atoms with Crippen molar-refractivity contribution in [1.29, 1.82) is 0 Å². The van der Waals surface area contributed by atoms with Crippen LogP contribution in [0.2, 0.25) is 0 Å². The van der Waals surface area contributed by atoms with Crippen LogP contribution in [-0.2, 0) is 0 Å². The van der Waals surface area contributed by atoms with Gasteiger partial charge >= 0.3 is 0 Å². The van der Waals surface area contributed by atoms with Crippen molar-refractivity contribution < 1.29 is 9.53 Å². The van der Waals surface area contributed by atoms with E-state index in [1.807, 2.05) is 55.5 Å². The van der Waals surface area contributed by atoms with Crippen LogP contribution in [-0.4, -0.2) is 13.0 Å². The molecule has 2 rings (SSSR count). The van der Waals surface area contributed by atoms with E-state index < -0.39 is 0 Å². The molecule has 2 aromatic carbocycles. The summed E-state index contributed by atoms with van der Waals surface area (Å²) in [5.74, 6) is 1.22. The lowest BCUT2D eigenvalue weighted by Crippen LogP contribution is -2.26. The Labute approximate surface area is 132 Å². The molecular formula is C19H23NO2. The number of nitrogens with one attached hydrogen (secondary N) is 1. The SMILES string of the molecule is COc1ccc(C(C)NC(=O)c2ccc(C(C)C)cc2)cc1. The van der Waals surface area contributed by atoms with Gasteiger partial charge in [0, 0.05) is 5.56 Å². The lowest BCUT2D eigenvalue weighted by Gasteiger charge is -2.15. The summed E-state index contributed by atoms with van der Waals surface area (Å²) in [6.45, 7) is 6.25. The third-order valence-corrected chi connectivity index (χ3v) is 3.80. The maximum atomic E-state index is 12.3. The number of hydrogen-bond acceptors (Lipinski definition) is 2. The third kappa shape index (κ3) is 3.88. The number of rotatable bonds is 5. The topological polar surface area (TPSA) is 38.3 Å². The summed E-state index contributed by atoms with van der Waals surface area (Å²) in [6, 6.07) is 15.5. The van der Waals surface area contributed by atoms with Crippen LogP contribution in [0.15, 0.2) is 48.5 Å². The van der Waals surface area contributed by atoms with E-state index in [4.69, 9.17) is 4.74 Å². The number of hydrogen-bond donors (Lipinski definition) is 1. The van der Waals surface area contributed by atoms with E-state index in [9.17, 15) is 4.79 Å². The second-order valence-electron chi connectivity index (χ2n) is 5.75. The van der Waals surface area contributed by atoms with E-state index >= 15 is 0 Å². The molecule has 1 N–H and O–H groups in total. The van der Waals surface area contributed by atoms with Crippen LogP contribution < -0.4 is 10.1 Å². The molecule has 116 valence electrons. The van der Waals surface area contributed by atoms with Crippen molar-refractivity contribution in [2.75, 3.05) is 7.11 Å². The summed E-state index contributed by atoms with van der Waals surface area (Å²) in [7, 11) is 1.64. The molecule has 0 saturated heterocycles. The molecule has 2 aromatic rings. The predicted octanol–water partition coefficient (Wildman–Crippen LogP) is 4.31. The van der Waals surface area contributed by atoms with E-state index in [1.165, 1.54) is 5.56 Å². The first-order chi connectivity index (χ1) is 10.5. The summed E-state index contributed by atoms with van der Waals surface area (Å²) < 4.78 is 5.14. The van der Waals surface area contributed by atoms with Crippen LogP contribution in [0.4, 0.5) is 0 Å². The Balaban J connectivity index is 2.03. The normalized spacial score (nSPS) is 12.0. The maximum Gasteiger partial charge on any atom is 0.251 e. The number of ether oxygens (including phenoxy) is 1. The number of methoxy groups -OCH3 is 1. The van der Waals surface area contributed by atoms with Crippen LogP contribution in [0.3, 0.4) is 0 Å². The molecule has 0 bridgehead atoms. The van der Waals surface area contributed by atoms with Crippen LogP contribution >= 0.6 is 0 Å². The number of amides is 1. The molecule has 3 nitrogen and oxygen atoms in total. The summed E-state index contributed by atoms with van der Waals surface area (Å²) in [5, 5.41) is 3.02. The van der Waals surface area contributed by atoms with Gasteiger partial charge < -0.3 is 10.1 Å². The second kappa shape index (κ2) is 7.12. The Morgan fingerprint density at radius 3 is 1.95 bits per heavy atom. The van der Waals surface area contributed by atoms with Gasteiger partial charge in [0.25, 0.3) is 5.91 Å². The summed E-state index contributed by atoms with van der Waals surface area (Å²) in [6.07, 6.45) is 0. The molecule has 0 spiro atoms. The van der Waals surface area contributed by atoms with Crippen LogP contribution in [0.5, 0.6) is 5.75 Å². The summed E-state index contributed by atoms with van der Waals surface area (Å²) in [4.78, 5) is 12.3. The van der Waals surface area contributed by atoms with Crippen molar-refractivity contribution >= 4 is 5.91 Å². The number of carbonyl (C=O) groups excluding carboxylic acids is 1. The Kier molecular flexibility index (Phi) is 5.21. The molecule has 1 unspecified atom stereocenters. The Hall–Kier alpha value is -2.29. The Morgan fingerprint density at radius 1 is 0.909 bits per heavy atom. The van der Waals surface area contributed by atoms with Gasteiger partial charge in [0.15, 0.2) is 0 Å².